The van der Waals surface area contributed by atoms with Crippen LogP contribution in [0.15, 0.2) is 48.8 Å². The van der Waals surface area contributed by atoms with Crippen LogP contribution in [0.1, 0.15) is 41.2 Å². The van der Waals surface area contributed by atoms with Crippen LogP contribution >= 0.6 is 11.3 Å². The Hall–Kier alpha value is -3.96. The highest BCUT2D eigenvalue weighted by molar-refractivity contribution is 7.17. The van der Waals surface area contributed by atoms with Crippen LogP contribution in [-0.2, 0) is 16.9 Å². The zero-order valence-electron chi connectivity index (χ0n) is 21.0. The molecule has 1 N–H and O–H groups in total. The lowest BCUT2D eigenvalue weighted by molar-refractivity contribution is 0.0189. The maximum absolute atomic E-state index is 14.8. The van der Waals surface area contributed by atoms with Gasteiger partial charge in [0.15, 0.2) is 0 Å². The molecule has 0 radical (unpaired) electrons. The molecule has 9 nitrogen and oxygen atoms in total. The Balaban J connectivity index is 1.47. The fourth-order valence-corrected chi connectivity index (χ4v) is 4.08. The van der Waals surface area contributed by atoms with Gasteiger partial charge in [0.05, 0.1) is 29.5 Å². The summed E-state index contributed by atoms with van der Waals surface area (Å²) >= 11 is 1.06. The van der Waals surface area contributed by atoms with E-state index in [1.54, 1.807) is 38.4 Å². The van der Waals surface area contributed by atoms with E-state index in [0.29, 0.717) is 22.7 Å². The van der Waals surface area contributed by atoms with Gasteiger partial charge < -0.3 is 14.2 Å². The first kappa shape index (κ1) is 26.1. The Morgan fingerprint density at radius 2 is 1.92 bits per heavy atom. The van der Waals surface area contributed by atoms with Gasteiger partial charge in [0.25, 0.3) is 11.1 Å². The second kappa shape index (κ2) is 11.0. The molecular formula is C26H26FN5O4S. The molecule has 0 aliphatic heterocycles. The molecule has 0 saturated carbocycles. The molecule has 0 fully saturated rings. The first-order valence-electron chi connectivity index (χ1n) is 11.3. The van der Waals surface area contributed by atoms with Crippen molar-refractivity contribution in [3.05, 3.63) is 77.1 Å². The van der Waals surface area contributed by atoms with Crippen molar-refractivity contribution in [3.8, 4) is 22.1 Å². The van der Waals surface area contributed by atoms with E-state index in [9.17, 15) is 9.18 Å². The van der Waals surface area contributed by atoms with Crippen LogP contribution in [-0.4, -0.2) is 40.3 Å². The Morgan fingerprint density at radius 1 is 1.11 bits per heavy atom. The van der Waals surface area contributed by atoms with Gasteiger partial charge in [0.2, 0.25) is 5.13 Å². The Labute approximate surface area is 217 Å². The molecule has 3 aromatic heterocycles. The number of hydrogen-bond donors (Lipinski definition) is 1. The van der Waals surface area contributed by atoms with Crippen molar-refractivity contribution in [2.45, 2.75) is 33.0 Å². The minimum absolute atomic E-state index is 0.162. The van der Waals surface area contributed by atoms with Crippen molar-refractivity contribution in [2.75, 3.05) is 19.5 Å². The van der Waals surface area contributed by atoms with E-state index in [2.05, 4.69) is 25.5 Å². The van der Waals surface area contributed by atoms with Gasteiger partial charge in [-0.25, -0.2) is 4.39 Å². The van der Waals surface area contributed by atoms with Gasteiger partial charge in [0, 0.05) is 36.3 Å². The van der Waals surface area contributed by atoms with Crippen LogP contribution in [0.2, 0.25) is 0 Å². The van der Waals surface area contributed by atoms with Crippen molar-refractivity contribution < 1.29 is 23.4 Å². The highest BCUT2D eigenvalue weighted by Gasteiger charge is 2.22. The van der Waals surface area contributed by atoms with Crippen molar-refractivity contribution in [1.82, 2.24) is 20.2 Å². The van der Waals surface area contributed by atoms with E-state index in [4.69, 9.17) is 14.2 Å². The van der Waals surface area contributed by atoms with E-state index in [-0.39, 0.29) is 28.1 Å². The minimum Gasteiger partial charge on any atom is -0.496 e. The van der Waals surface area contributed by atoms with Crippen molar-refractivity contribution in [1.29, 1.82) is 0 Å². The number of aryl methyl sites for hydroxylation is 1. The molecule has 4 rings (SSSR count). The number of benzene rings is 1. The number of halogens is 1. The van der Waals surface area contributed by atoms with Crippen LogP contribution < -0.4 is 14.8 Å². The number of carbonyl (C=O) groups is 1. The summed E-state index contributed by atoms with van der Waals surface area (Å²) in [6, 6.07) is 9.89. The molecule has 11 heteroatoms. The second-order valence-corrected chi connectivity index (χ2v) is 9.50. The second-order valence-electron chi connectivity index (χ2n) is 8.56. The van der Waals surface area contributed by atoms with Crippen molar-refractivity contribution >= 4 is 22.4 Å². The third kappa shape index (κ3) is 5.89. The third-order valence-electron chi connectivity index (χ3n) is 5.75. The number of rotatable bonds is 9. The topological polar surface area (TPSA) is 108 Å². The summed E-state index contributed by atoms with van der Waals surface area (Å²) in [6.45, 7) is 5.85. The Morgan fingerprint density at radius 3 is 2.62 bits per heavy atom. The predicted octanol–water partition coefficient (Wildman–Crippen LogP) is 5.16. The molecule has 0 atom stereocenters. The Kier molecular flexibility index (Phi) is 7.74. The van der Waals surface area contributed by atoms with E-state index in [1.165, 1.54) is 19.4 Å². The van der Waals surface area contributed by atoms with Gasteiger partial charge in [-0.15, -0.1) is 5.10 Å². The molecule has 0 unspecified atom stereocenters. The number of aromatic nitrogens is 4. The molecule has 1 aromatic carbocycles. The molecule has 192 valence electrons. The number of carbonyl (C=O) groups excluding carboxylic acids is 1. The molecule has 0 bridgehead atoms. The van der Waals surface area contributed by atoms with E-state index in [0.717, 1.165) is 16.9 Å². The molecule has 0 spiro atoms. The lowest BCUT2D eigenvalue weighted by atomic mass is 9.98. The number of ether oxygens (including phenoxy) is 3. The maximum Gasteiger partial charge on any atom is 0.296 e. The summed E-state index contributed by atoms with van der Waals surface area (Å²) in [5.41, 5.74) is 2.51. The highest BCUT2D eigenvalue weighted by atomic mass is 32.1. The molecule has 3 heterocycles. The lowest BCUT2D eigenvalue weighted by Gasteiger charge is -2.23. The quantitative estimate of drug-likeness (QED) is 0.320. The fraction of sp³-hybridized carbons (Fsp3) is 0.269. The first-order valence-corrected chi connectivity index (χ1v) is 12.1. The first-order chi connectivity index (χ1) is 17.7. The number of nitrogens with one attached hydrogen (secondary N) is 1. The van der Waals surface area contributed by atoms with Crippen LogP contribution in [0.5, 0.6) is 10.9 Å². The minimum atomic E-state index is -0.520. The normalized spacial score (nSPS) is 11.3. The molecule has 0 aliphatic rings. The number of methoxy groups -OCH3 is 2. The van der Waals surface area contributed by atoms with Crippen molar-refractivity contribution in [2.24, 2.45) is 0 Å². The van der Waals surface area contributed by atoms with E-state index in [1.807, 2.05) is 26.0 Å². The average Bonchev–Trinajstić information content (AvgIpc) is 3.34. The lowest BCUT2D eigenvalue weighted by Crippen LogP contribution is -2.19. The predicted molar refractivity (Wildman–Crippen MR) is 137 cm³/mol. The summed E-state index contributed by atoms with van der Waals surface area (Å²) in [4.78, 5) is 21.7. The van der Waals surface area contributed by atoms with E-state index < -0.39 is 17.3 Å². The standard InChI is InChI=1S/C26H26FN5O4S/c1-15-11-18(22-20(27)7-6-8-21(22)34-4)19(13-28-15)23(33)30-24-31-32-25(37-24)36-14-17-10-9-16(12-29-17)26(2,3)35-5/h6-13H,14H2,1-5H3,(H,30,31,33). The average molecular weight is 524 g/mol. The van der Waals surface area contributed by atoms with Gasteiger partial charge in [-0.3, -0.25) is 20.1 Å². The number of hydrogen-bond acceptors (Lipinski definition) is 9. The highest BCUT2D eigenvalue weighted by Crippen LogP contribution is 2.35. The van der Waals surface area contributed by atoms with E-state index >= 15 is 0 Å². The van der Waals surface area contributed by atoms with Gasteiger partial charge in [-0.2, -0.15) is 0 Å². The fourth-order valence-electron chi connectivity index (χ4n) is 3.49. The molecule has 0 saturated heterocycles. The smallest absolute Gasteiger partial charge is 0.296 e. The SMILES string of the molecule is COc1cccc(F)c1-c1cc(C)ncc1C(=O)Nc1nnc(OCc2ccc(C(C)(C)OC)cn2)s1. The number of nitrogens with zero attached hydrogens (tertiary/aromatic N) is 4. The number of amides is 1. The largest absolute Gasteiger partial charge is 0.496 e. The van der Waals surface area contributed by atoms with Crippen LogP contribution in [0.25, 0.3) is 11.1 Å². The van der Waals surface area contributed by atoms with Gasteiger partial charge in [-0.05, 0) is 56.4 Å². The van der Waals surface area contributed by atoms with Gasteiger partial charge in [-0.1, -0.05) is 17.2 Å². The van der Waals surface area contributed by atoms with Crippen LogP contribution in [0.4, 0.5) is 9.52 Å². The Bertz CT molecular complexity index is 1410. The molecule has 1 amide bonds. The van der Waals surface area contributed by atoms with Gasteiger partial charge >= 0.3 is 0 Å². The summed E-state index contributed by atoms with van der Waals surface area (Å²) < 4.78 is 31.3. The summed E-state index contributed by atoms with van der Waals surface area (Å²) in [5, 5.41) is 11.1. The maximum atomic E-state index is 14.8. The van der Waals surface area contributed by atoms with Gasteiger partial charge in [0.1, 0.15) is 18.2 Å². The monoisotopic (exact) mass is 523 g/mol. The summed E-state index contributed by atoms with van der Waals surface area (Å²) in [7, 11) is 3.09. The molecule has 37 heavy (non-hydrogen) atoms. The molecule has 4 aromatic rings. The zero-order chi connectivity index (χ0) is 26.6. The summed E-state index contributed by atoms with van der Waals surface area (Å²) in [5.74, 6) is -0.731. The number of pyridine rings is 2. The number of anilines is 1. The van der Waals surface area contributed by atoms with Crippen LogP contribution in [0.3, 0.4) is 0 Å². The van der Waals surface area contributed by atoms with Crippen LogP contribution in [0, 0.1) is 12.7 Å². The molecular weight excluding hydrogens is 497 g/mol. The third-order valence-corrected chi connectivity index (χ3v) is 6.50. The summed E-state index contributed by atoms with van der Waals surface area (Å²) in [6.07, 6.45) is 3.14. The molecule has 0 aliphatic carbocycles. The van der Waals surface area contributed by atoms with Crippen molar-refractivity contribution in [3.63, 3.8) is 0 Å². The zero-order valence-corrected chi connectivity index (χ0v) is 21.9.